The summed E-state index contributed by atoms with van der Waals surface area (Å²) in [6.07, 6.45) is 0.626. The Bertz CT molecular complexity index is 513. The van der Waals surface area contributed by atoms with Gasteiger partial charge in [0.25, 0.3) is 0 Å². The van der Waals surface area contributed by atoms with E-state index in [4.69, 9.17) is 5.11 Å². The molecule has 0 bridgehead atoms. The first kappa shape index (κ1) is 9.26. The Labute approximate surface area is 83.9 Å². The van der Waals surface area contributed by atoms with Gasteiger partial charge in [-0.1, -0.05) is 5.76 Å². The standard InChI is InChI=1S/C10H6O5/c11-4-1-5-9(6(12)2-4)7(13)3-8(14)10(5)15/h1-3,11-13H/p-1. The number of aromatic hydroxyl groups is 2. The van der Waals surface area contributed by atoms with Gasteiger partial charge in [-0.2, -0.15) is 0 Å². The summed E-state index contributed by atoms with van der Waals surface area (Å²) in [6, 6.07) is 1.92. The topological polar surface area (TPSA) is 97.7 Å². The third kappa shape index (κ3) is 1.25. The molecule has 5 nitrogen and oxygen atoms in total. The molecule has 0 aromatic heterocycles. The minimum atomic E-state index is -0.947. The van der Waals surface area contributed by atoms with Crippen molar-refractivity contribution >= 4 is 17.3 Å². The molecule has 5 heteroatoms. The maximum atomic E-state index is 11.3. The zero-order chi connectivity index (χ0) is 11.2. The average molecular weight is 205 g/mol. The first-order chi connectivity index (χ1) is 7.00. The van der Waals surface area contributed by atoms with Crippen molar-refractivity contribution in [1.29, 1.82) is 0 Å². The smallest absolute Gasteiger partial charge is 0.233 e. The molecular weight excluding hydrogens is 200 g/mol. The number of carbonyl (C=O) groups is 2. The monoisotopic (exact) mass is 205 g/mol. The second-order valence-corrected chi connectivity index (χ2v) is 3.09. The van der Waals surface area contributed by atoms with E-state index in [1.165, 1.54) is 0 Å². The number of hydrogen-bond donors (Lipinski definition) is 2. The molecule has 0 atom stereocenters. The number of carbonyl (C=O) groups excluding carboxylic acids is 2. The number of allylic oxidation sites excluding steroid dienone is 1. The van der Waals surface area contributed by atoms with Gasteiger partial charge < -0.3 is 15.3 Å². The van der Waals surface area contributed by atoms with Gasteiger partial charge in [-0.05, 0) is 12.1 Å². The number of Topliss-reactive ketones (excluding diaryl/α,β-unsaturated/α-hetero) is 1. The van der Waals surface area contributed by atoms with Crippen LogP contribution in [-0.4, -0.2) is 21.8 Å². The van der Waals surface area contributed by atoms with Gasteiger partial charge in [-0.25, -0.2) is 0 Å². The van der Waals surface area contributed by atoms with Crippen LogP contribution in [0.25, 0.3) is 5.76 Å². The Morgan fingerprint density at radius 3 is 2.47 bits per heavy atom. The molecule has 0 saturated heterocycles. The summed E-state index contributed by atoms with van der Waals surface area (Å²) >= 11 is 0. The van der Waals surface area contributed by atoms with Crippen LogP contribution in [0.1, 0.15) is 15.9 Å². The average Bonchev–Trinajstić information content (AvgIpc) is 2.12. The van der Waals surface area contributed by atoms with Crippen LogP contribution >= 0.6 is 0 Å². The summed E-state index contributed by atoms with van der Waals surface area (Å²) in [5, 5.41) is 29.8. The number of ketones is 2. The normalized spacial score (nSPS) is 14.8. The fourth-order valence-corrected chi connectivity index (χ4v) is 1.44. The van der Waals surface area contributed by atoms with Crippen LogP contribution in [0.3, 0.4) is 0 Å². The molecule has 0 heterocycles. The largest absolute Gasteiger partial charge is 0.872 e. The molecule has 0 radical (unpaired) electrons. The first-order valence-corrected chi connectivity index (χ1v) is 4.04. The number of benzene rings is 1. The van der Waals surface area contributed by atoms with E-state index in [1.54, 1.807) is 0 Å². The molecule has 76 valence electrons. The quantitative estimate of drug-likeness (QED) is 0.560. The fourth-order valence-electron chi connectivity index (χ4n) is 1.44. The molecule has 2 N–H and O–H groups in total. The molecule has 0 saturated carbocycles. The highest BCUT2D eigenvalue weighted by Gasteiger charge is 2.25. The number of hydrogen-bond acceptors (Lipinski definition) is 5. The lowest BCUT2D eigenvalue weighted by molar-refractivity contribution is -0.244. The number of phenols is 2. The van der Waals surface area contributed by atoms with Crippen molar-refractivity contribution in [2.75, 3.05) is 0 Å². The van der Waals surface area contributed by atoms with E-state index in [2.05, 4.69) is 0 Å². The molecule has 1 aliphatic carbocycles. The fraction of sp³-hybridized carbons (Fsp3) is 0. The Hall–Kier alpha value is -2.30. The second kappa shape index (κ2) is 2.84. The van der Waals surface area contributed by atoms with E-state index in [1.807, 2.05) is 0 Å². The summed E-state index contributed by atoms with van der Waals surface area (Å²) < 4.78 is 0. The molecule has 1 aliphatic rings. The Kier molecular flexibility index (Phi) is 1.76. The predicted molar refractivity (Wildman–Crippen MR) is 47.1 cm³/mol. The van der Waals surface area contributed by atoms with Crippen LogP contribution in [0.4, 0.5) is 0 Å². The molecular formula is C10H5O5-. The lowest BCUT2D eigenvalue weighted by Gasteiger charge is -2.20. The number of fused-ring (bicyclic) bond motifs is 1. The van der Waals surface area contributed by atoms with Gasteiger partial charge in [0.15, 0.2) is 0 Å². The molecule has 0 amide bonds. The van der Waals surface area contributed by atoms with E-state index in [0.717, 1.165) is 12.1 Å². The summed E-state index contributed by atoms with van der Waals surface area (Å²) in [7, 11) is 0. The van der Waals surface area contributed by atoms with Gasteiger partial charge in [-0.3, -0.25) is 9.59 Å². The second-order valence-electron chi connectivity index (χ2n) is 3.09. The van der Waals surface area contributed by atoms with Crippen LogP contribution in [0.2, 0.25) is 0 Å². The van der Waals surface area contributed by atoms with Crippen molar-refractivity contribution < 1.29 is 24.9 Å². The summed E-state index contributed by atoms with van der Waals surface area (Å²) in [6.45, 7) is 0. The van der Waals surface area contributed by atoms with E-state index in [9.17, 15) is 19.8 Å². The van der Waals surface area contributed by atoms with Crippen LogP contribution in [0.15, 0.2) is 18.2 Å². The lowest BCUT2D eigenvalue weighted by Crippen LogP contribution is -2.22. The molecule has 15 heavy (non-hydrogen) atoms. The van der Waals surface area contributed by atoms with Crippen LogP contribution in [0, 0.1) is 0 Å². The van der Waals surface area contributed by atoms with Crippen molar-refractivity contribution in [2.45, 2.75) is 0 Å². The van der Waals surface area contributed by atoms with Crippen molar-refractivity contribution in [1.82, 2.24) is 0 Å². The summed E-state index contributed by atoms with van der Waals surface area (Å²) in [5.74, 6) is -3.46. The third-order valence-corrected chi connectivity index (χ3v) is 2.08. The van der Waals surface area contributed by atoms with E-state index in [0.29, 0.717) is 6.08 Å². The molecule has 0 aliphatic heterocycles. The number of phenolic OH excluding ortho intramolecular Hbond substituents is 2. The van der Waals surface area contributed by atoms with E-state index >= 15 is 0 Å². The van der Waals surface area contributed by atoms with E-state index in [-0.39, 0.29) is 16.9 Å². The van der Waals surface area contributed by atoms with Gasteiger partial charge in [-0.15, -0.1) is 0 Å². The van der Waals surface area contributed by atoms with Gasteiger partial charge in [0, 0.05) is 17.2 Å². The summed E-state index contributed by atoms with van der Waals surface area (Å²) in [5.41, 5.74) is -0.498. The van der Waals surface area contributed by atoms with Crippen LogP contribution < -0.4 is 5.11 Å². The van der Waals surface area contributed by atoms with Gasteiger partial charge in [0.1, 0.15) is 11.5 Å². The maximum absolute atomic E-state index is 11.3. The van der Waals surface area contributed by atoms with E-state index < -0.39 is 23.1 Å². The highest BCUT2D eigenvalue weighted by Crippen LogP contribution is 2.33. The first-order valence-electron chi connectivity index (χ1n) is 4.04. The van der Waals surface area contributed by atoms with Gasteiger partial charge in [0.05, 0.1) is 0 Å². The predicted octanol–water partition coefficient (Wildman–Crippen LogP) is -0.436. The molecule has 0 unspecified atom stereocenters. The molecule has 2 rings (SSSR count). The number of rotatable bonds is 0. The summed E-state index contributed by atoms with van der Waals surface area (Å²) in [4.78, 5) is 22.3. The molecule has 1 aromatic rings. The zero-order valence-corrected chi connectivity index (χ0v) is 7.35. The molecule has 0 spiro atoms. The minimum Gasteiger partial charge on any atom is -0.872 e. The van der Waals surface area contributed by atoms with Crippen molar-refractivity contribution in [3.8, 4) is 11.5 Å². The lowest BCUT2D eigenvalue weighted by atomic mass is 9.93. The van der Waals surface area contributed by atoms with Crippen molar-refractivity contribution in [3.63, 3.8) is 0 Å². The van der Waals surface area contributed by atoms with Crippen LogP contribution in [0.5, 0.6) is 11.5 Å². The third-order valence-electron chi connectivity index (χ3n) is 2.08. The Morgan fingerprint density at radius 2 is 1.80 bits per heavy atom. The Morgan fingerprint density at radius 1 is 1.13 bits per heavy atom. The van der Waals surface area contributed by atoms with Crippen molar-refractivity contribution in [3.05, 3.63) is 29.3 Å². The van der Waals surface area contributed by atoms with Crippen molar-refractivity contribution in [2.24, 2.45) is 0 Å². The van der Waals surface area contributed by atoms with Gasteiger partial charge in [0.2, 0.25) is 11.6 Å². The van der Waals surface area contributed by atoms with Crippen LogP contribution in [-0.2, 0) is 4.79 Å². The van der Waals surface area contributed by atoms with Gasteiger partial charge >= 0.3 is 0 Å². The highest BCUT2D eigenvalue weighted by atomic mass is 16.3. The SMILES string of the molecule is O=C1C=C([O-])c2c(O)cc(O)cc2C1=O. The maximum Gasteiger partial charge on any atom is 0.233 e. The molecule has 1 aromatic carbocycles. The minimum absolute atomic E-state index is 0.239. The zero-order valence-electron chi connectivity index (χ0n) is 7.35. The molecule has 0 fully saturated rings. The highest BCUT2D eigenvalue weighted by molar-refractivity contribution is 6.50. The Balaban J connectivity index is 2.80.